The number of rotatable bonds is 8. The van der Waals surface area contributed by atoms with E-state index in [2.05, 4.69) is 41.4 Å². The van der Waals surface area contributed by atoms with Crippen molar-refractivity contribution in [2.24, 2.45) is 0 Å². The summed E-state index contributed by atoms with van der Waals surface area (Å²) in [7, 11) is 0. The third-order valence-corrected chi connectivity index (χ3v) is 5.35. The van der Waals surface area contributed by atoms with Crippen molar-refractivity contribution >= 4 is 0 Å². The van der Waals surface area contributed by atoms with Gasteiger partial charge in [-0.3, -0.25) is 0 Å². The molecule has 0 amide bonds. The molecule has 0 saturated heterocycles. The van der Waals surface area contributed by atoms with Gasteiger partial charge in [-0.25, -0.2) is 4.98 Å². The summed E-state index contributed by atoms with van der Waals surface area (Å²) in [6.45, 7) is 0.969. The molecule has 0 saturated carbocycles. The van der Waals surface area contributed by atoms with Crippen LogP contribution in [0.4, 0.5) is 0 Å². The van der Waals surface area contributed by atoms with Crippen LogP contribution in [0.15, 0.2) is 122 Å². The Bertz CT molecular complexity index is 1300. The molecule has 4 heteroatoms. The minimum atomic E-state index is 0.468. The van der Waals surface area contributed by atoms with Crippen molar-refractivity contribution in [2.45, 2.75) is 13.2 Å². The Labute approximate surface area is 193 Å². The lowest BCUT2D eigenvalue weighted by Crippen LogP contribution is -1.99. The molecular formula is C29H24N2O2. The van der Waals surface area contributed by atoms with E-state index in [4.69, 9.17) is 9.47 Å². The highest BCUT2D eigenvalue weighted by atomic mass is 16.5. The van der Waals surface area contributed by atoms with E-state index in [1.165, 1.54) is 0 Å². The Hall–Kier alpha value is -4.31. The average Bonchev–Trinajstić information content (AvgIpc) is 3.38. The summed E-state index contributed by atoms with van der Waals surface area (Å²) in [5.41, 5.74) is 5.05. The van der Waals surface area contributed by atoms with Crippen LogP contribution in [0.3, 0.4) is 0 Å². The number of aromatic nitrogens is 2. The molecule has 0 bridgehead atoms. The van der Waals surface area contributed by atoms with Crippen molar-refractivity contribution in [3.8, 4) is 28.4 Å². The molecule has 0 aliphatic rings. The van der Waals surface area contributed by atoms with Gasteiger partial charge < -0.3 is 14.0 Å². The molecule has 0 radical (unpaired) electrons. The topological polar surface area (TPSA) is 36.3 Å². The van der Waals surface area contributed by atoms with Gasteiger partial charge in [0.25, 0.3) is 0 Å². The fourth-order valence-corrected chi connectivity index (χ4v) is 3.60. The van der Waals surface area contributed by atoms with E-state index in [0.717, 1.165) is 39.6 Å². The van der Waals surface area contributed by atoms with Gasteiger partial charge in [0, 0.05) is 23.5 Å². The molecule has 5 aromatic rings. The summed E-state index contributed by atoms with van der Waals surface area (Å²) in [4.78, 5) is 4.64. The zero-order valence-electron chi connectivity index (χ0n) is 18.2. The molecule has 0 spiro atoms. The normalized spacial score (nSPS) is 10.7. The fraction of sp³-hybridized carbons (Fsp3) is 0.0690. The van der Waals surface area contributed by atoms with Crippen LogP contribution >= 0.6 is 0 Å². The van der Waals surface area contributed by atoms with Crippen molar-refractivity contribution < 1.29 is 9.47 Å². The second-order valence-electron chi connectivity index (χ2n) is 7.71. The van der Waals surface area contributed by atoms with Gasteiger partial charge in [0.05, 0.1) is 12.0 Å². The second-order valence-corrected chi connectivity index (χ2v) is 7.71. The van der Waals surface area contributed by atoms with Gasteiger partial charge in [0.2, 0.25) is 0 Å². The minimum absolute atomic E-state index is 0.468. The van der Waals surface area contributed by atoms with Gasteiger partial charge in [-0.15, -0.1) is 0 Å². The molecule has 33 heavy (non-hydrogen) atoms. The zero-order valence-corrected chi connectivity index (χ0v) is 18.2. The van der Waals surface area contributed by atoms with E-state index in [0.29, 0.717) is 13.2 Å². The van der Waals surface area contributed by atoms with Gasteiger partial charge in [-0.05, 0) is 35.4 Å². The maximum Gasteiger partial charge on any atom is 0.132 e. The van der Waals surface area contributed by atoms with E-state index in [9.17, 15) is 0 Å². The molecule has 5 rings (SSSR count). The predicted octanol–water partition coefficient (Wildman–Crippen LogP) is 6.70. The van der Waals surface area contributed by atoms with Gasteiger partial charge in [-0.1, -0.05) is 78.9 Å². The van der Waals surface area contributed by atoms with E-state index in [1.54, 1.807) is 0 Å². The fourth-order valence-electron chi connectivity index (χ4n) is 3.60. The van der Waals surface area contributed by atoms with Crippen LogP contribution in [0, 0.1) is 0 Å². The molecule has 162 valence electrons. The Kier molecular flexibility index (Phi) is 6.16. The van der Waals surface area contributed by atoms with E-state index >= 15 is 0 Å². The highest BCUT2D eigenvalue weighted by Crippen LogP contribution is 2.34. The number of imidazole rings is 1. The Balaban J connectivity index is 1.42. The molecule has 4 aromatic carbocycles. The maximum atomic E-state index is 6.26. The second kappa shape index (κ2) is 9.88. The molecule has 0 atom stereocenters. The highest BCUT2D eigenvalue weighted by Gasteiger charge is 2.12. The first kappa shape index (κ1) is 20.6. The molecule has 0 fully saturated rings. The van der Waals surface area contributed by atoms with Crippen molar-refractivity contribution in [3.63, 3.8) is 0 Å². The van der Waals surface area contributed by atoms with Gasteiger partial charge in [-0.2, -0.15) is 0 Å². The minimum Gasteiger partial charge on any atom is -0.489 e. The summed E-state index contributed by atoms with van der Waals surface area (Å²) in [5, 5.41) is 0. The van der Waals surface area contributed by atoms with Gasteiger partial charge in [0.1, 0.15) is 24.7 Å². The molecule has 0 aliphatic heterocycles. The molecule has 0 unspecified atom stereocenters. The number of benzene rings is 4. The first-order valence-electron chi connectivity index (χ1n) is 10.9. The van der Waals surface area contributed by atoms with Crippen LogP contribution in [0.25, 0.3) is 16.9 Å². The lowest BCUT2D eigenvalue weighted by atomic mass is 10.1. The summed E-state index contributed by atoms with van der Waals surface area (Å²) in [5.74, 6) is 1.50. The van der Waals surface area contributed by atoms with E-state index in [1.807, 2.05) is 89.9 Å². The molecule has 1 heterocycles. The summed E-state index contributed by atoms with van der Waals surface area (Å²) < 4.78 is 14.3. The first-order valence-corrected chi connectivity index (χ1v) is 10.9. The molecule has 0 aliphatic carbocycles. The van der Waals surface area contributed by atoms with Gasteiger partial charge >= 0.3 is 0 Å². The monoisotopic (exact) mass is 432 g/mol. The lowest BCUT2D eigenvalue weighted by Gasteiger charge is -2.13. The standard InChI is InChI=1S/C29H24N2O2/c1-4-10-23(11-5-1)20-32-26-16-17-27(29(18-26)33-21-24-12-6-2-7-13-24)28-19-31(22-30-28)25-14-8-3-9-15-25/h1-19,22H,20-21H2. The van der Waals surface area contributed by atoms with Gasteiger partial charge in [0.15, 0.2) is 0 Å². The zero-order chi connectivity index (χ0) is 22.3. The first-order chi connectivity index (χ1) is 16.3. The van der Waals surface area contributed by atoms with Crippen LogP contribution in [0.5, 0.6) is 11.5 Å². The van der Waals surface area contributed by atoms with E-state index < -0.39 is 0 Å². The van der Waals surface area contributed by atoms with Crippen LogP contribution in [-0.2, 0) is 13.2 Å². The van der Waals surface area contributed by atoms with Crippen molar-refractivity contribution in [2.75, 3.05) is 0 Å². The smallest absolute Gasteiger partial charge is 0.132 e. The number of nitrogens with zero attached hydrogens (tertiary/aromatic N) is 2. The number of hydrogen-bond acceptors (Lipinski definition) is 3. The summed E-state index contributed by atoms with van der Waals surface area (Å²) in [6, 6.07) is 36.3. The highest BCUT2D eigenvalue weighted by molar-refractivity contribution is 5.68. The molecule has 0 N–H and O–H groups in total. The average molecular weight is 433 g/mol. The maximum absolute atomic E-state index is 6.26. The van der Waals surface area contributed by atoms with Crippen molar-refractivity contribution in [1.29, 1.82) is 0 Å². The van der Waals surface area contributed by atoms with Crippen molar-refractivity contribution in [3.05, 3.63) is 133 Å². The SMILES string of the molecule is c1ccc(COc2ccc(-c3cn(-c4ccccc4)cn3)c(OCc3ccccc3)c2)cc1. The Morgan fingerprint density at radius 3 is 1.91 bits per heavy atom. The quantitative estimate of drug-likeness (QED) is 0.274. The number of para-hydroxylation sites is 1. The largest absolute Gasteiger partial charge is 0.489 e. The van der Waals surface area contributed by atoms with Crippen LogP contribution in [0.2, 0.25) is 0 Å². The van der Waals surface area contributed by atoms with Crippen LogP contribution < -0.4 is 9.47 Å². The lowest BCUT2D eigenvalue weighted by molar-refractivity contribution is 0.291. The van der Waals surface area contributed by atoms with Crippen molar-refractivity contribution in [1.82, 2.24) is 9.55 Å². The molecular weight excluding hydrogens is 408 g/mol. The summed E-state index contributed by atoms with van der Waals surface area (Å²) >= 11 is 0. The van der Waals surface area contributed by atoms with Crippen LogP contribution in [-0.4, -0.2) is 9.55 Å². The summed E-state index contributed by atoms with van der Waals surface area (Å²) in [6.07, 6.45) is 3.84. The van der Waals surface area contributed by atoms with E-state index in [-0.39, 0.29) is 0 Å². The molecule has 1 aromatic heterocycles. The predicted molar refractivity (Wildman–Crippen MR) is 131 cm³/mol. The third-order valence-electron chi connectivity index (χ3n) is 5.35. The molecule has 4 nitrogen and oxygen atoms in total. The number of ether oxygens (including phenoxy) is 2. The Morgan fingerprint density at radius 2 is 1.24 bits per heavy atom. The third kappa shape index (κ3) is 5.13. The number of hydrogen-bond donors (Lipinski definition) is 0. The van der Waals surface area contributed by atoms with Crippen LogP contribution in [0.1, 0.15) is 11.1 Å². The Morgan fingerprint density at radius 1 is 0.636 bits per heavy atom.